The van der Waals surface area contributed by atoms with Crippen LogP contribution in [0.4, 0.5) is 4.39 Å². The molecule has 53 heavy (non-hydrogen) atoms. The van der Waals surface area contributed by atoms with Gasteiger partial charge in [-0.3, -0.25) is 19.2 Å². The Morgan fingerprint density at radius 2 is 1.62 bits per heavy atom. The summed E-state index contributed by atoms with van der Waals surface area (Å²) in [5, 5.41) is 21.6. The molecule has 0 aliphatic carbocycles. The van der Waals surface area contributed by atoms with Crippen molar-refractivity contribution in [3.8, 4) is 0 Å². The van der Waals surface area contributed by atoms with Crippen LogP contribution in [0.5, 0.6) is 0 Å². The molecule has 306 valence electrons. The molecular formula is C39H67FN2O11. The number of aliphatic hydroxyl groups is 2. The topological polar surface area (TPSA) is 178 Å². The lowest BCUT2D eigenvalue weighted by Gasteiger charge is -2.44. The Morgan fingerprint density at radius 3 is 2.11 bits per heavy atom. The van der Waals surface area contributed by atoms with Gasteiger partial charge in [-0.1, -0.05) is 48.0 Å². The molecule has 1 saturated heterocycles. The van der Waals surface area contributed by atoms with E-state index in [4.69, 9.17) is 18.9 Å². The molecule has 13 nitrogen and oxygen atoms in total. The highest BCUT2D eigenvalue weighted by Gasteiger charge is 2.52. The van der Waals surface area contributed by atoms with Gasteiger partial charge < -0.3 is 34.1 Å². The van der Waals surface area contributed by atoms with Crippen LogP contribution in [0.3, 0.4) is 0 Å². The monoisotopic (exact) mass is 758 g/mol. The smallest absolute Gasteiger partial charge is 0.351 e. The van der Waals surface area contributed by atoms with Crippen LogP contribution in [0.15, 0.2) is 4.99 Å². The zero-order chi connectivity index (χ0) is 41.0. The summed E-state index contributed by atoms with van der Waals surface area (Å²) in [6.07, 6.45) is -2.37. The van der Waals surface area contributed by atoms with Crippen LogP contribution in [-0.4, -0.2) is 119 Å². The molecule has 1 amide bonds. The number of hydrogen-bond donors (Lipinski definition) is 2. The molecular weight excluding hydrogens is 691 g/mol. The van der Waals surface area contributed by atoms with Gasteiger partial charge in [-0.2, -0.15) is 0 Å². The van der Waals surface area contributed by atoms with E-state index in [1.807, 2.05) is 39.8 Å². The molecule has 1 aliphatic heterocycles. The third kappa shape index (κ3) is 13.3. The number of ether oxygens (including phenoxy) is 4. The fourth-order valence-corrected chi connectivity index (χ4v) is 7.24. The van der Waals surface area contributed by atoms with Crippen molar-refractivity contribution in [2.75, 3.05) is 20.7 Å². The van der Waals surface area contributed by atoms with Crippen molar-refractivity contribution < 1.29 is 57.5 Å². The van der Waals surface area contributed by atoms with E-state index < -0.39 is 83.7 Å². The number of rotatable bonds is 22. The number of hydrogen-bond acceptors (Lipinski definition) is 12. The maximum absolute atomic E-state index is 16.4. The third-order valence-electron chi connectivity index (χ3n) is 10.7. The van der Waals surface area contributed by atoms with Crippen molar-refractivity contribution in [3.05, 3.63) is 0 Å². The van der Waals surface area contributed by atoms with Crippen LogP contribution >= 0.6 is 0 Å². The summed E-state index contributed by atoms with van der Waals surface area (Å²) in [5.41, 5.74) is -4.53. The van der Waals surface area contributed by atoms with Gasteiger partial charge >= 0.3 is 11.9 Å². The summed E-state index contributed by atoms with van der Waals surface area (Å²) in [4.78, 5) is 70.3. The van der Waals surface area contributed by atoms with Crippen LogP contribution in [0.25, 0.3) is 0 Å². The summed E-state index contributed by atoms with van der Waals surface area (Å²) < 4.78 is 39.6. The van der Waals surface area contributed by atoms with Gasteiger partial charge in [-0.05, 0) is 79.3 Å². The average molecular weight is 759 g/mol. The number of carbonyl (C=O) groups excluding carboxylic acids is 5. The van der Waals surface area contributed by atoms with Gasteiger partial charge in [0.25, 0.3) is 5.67 Å². The molecule has 0 aromatic carbocycles. The van der Waals surface area contributed by atoms with E-state index in [1.165, 1.54) is 27.7 Å². The first-order chi connectivity index (χ1) is 24.5. The Kier molecular flexibility index (Phi) is 19.6. The molecule has 0 saturated carbocycles. The molecule has 1 rings (SSSR count). The first-order valence-corrected chi connectivity index (χ1v) is 19.1. The lowest BCUT2D eigenvalue weighted by atomic mass is 9.69. The lowest BCUT2D eigenvalue weighted by molar-refractivity contribution is -0.274. The molecule has 12 atom stereocenters. The number of alkyl halides is 1. The van der Waals surface area contributed by atoms with Gasteiger partial charge in [0.05, 0.1) is 18.2 Å². The Balaban J connectivity index is 3.40. The molecule has 0 spiro atoms. The number of carbonyl (C=O) groups is 5. The van der Waals surface area contributed by atoms with Crippen LogP contribution in [0, 0.1) is 23.7 Å². The van der Waals surface area contributed by atoms with Crippen LogP contribution in [-0.2, 0) is 42.9 Å². The van der Waals surface area contributed by atoms with E-state index in [9.17, 15) is 34.2 Å². The van der Waals surface area contributed by atoms with E-state index in [1.54, 1.807) is 20.8 Å². The van der Waals surface area contributed by atoms with Crippen LogP contribution < -0.4 is 0 Å². The fraction of sp³-hybridized carbons (Fsp3) is 0.846. The largest absolute Gasteiger partial charge is 0.457 e. The molecule has 2 N–H and O–H groups in total. The highest BCUT2D eigenvalue weighted by atomic mass is 19.1. The zero-order valence-corrected chi connectivity index (χ0v) is 34.3. The van der Waals surface area contributed by atoms with Crippen molar-refractivity contribution in [2.24, 2.45) is 28.7 Å². The fourth-order valence-electron chi connectivity index (χ4n) is 7.24. The number of esters is 2. The maximum atomic E-state index is 16.4. The third-order valence-corrected chi connectivity index (χ3v) is 10.7. The van der Waals surface area contributed by atoms with Gasteiger partial charge in [-0.25, -0.2) is 14.2 Å². The molecule has 1 heterocycles. The van der Waals surface area contributed by atoms with Gasteiger partial charge in [0.1, 0.15) is 18.3 Å². The van der Waals surface area contributed by atoms with E-state index in [0.717, 1.165) is 13.3 Å². The van der Waals surface area contributed by atoms with Gasteiger partial charge in [0.15, 0.2) is 24.0 Å². The van der Waals surface area contributed by atoms with Crippen LogP contribution in [0.1, 0.15) is 121 Å². The number of aliphatic hydroxyl groups excluding tert-OH is 1. The minimum Gasteiger partial charge on any atom is -0.457 e. The van der Waals surface area contributed by atoms with Crippen molar-refractivity contribution >= 4 is 35.1 Å². The summed E-state index contributed by atoms with van der Waals surface area (Å²) in [6, 6.07) is -0.260. The van der Waals surface area contributed by atoms with Crippen molar-refractivity contribution in [2.45, 2.75) is 169 Å². The second kappa shape index (κ2) is 21.4. The van der Waals surface area contributed by atoms with Crippen molar-refractivity contribution in [1.29, 1.82) is 0 Å². The minimum atomic E-state index is -3.16. The first kappa shape index (κ1) is 48.4. The number of aliphatic imine (C=N–C) groups is 1. The Morgan fingerprint density at radius 1 is 1.02 bits per heavy atom. The Hall–Kier alpha value is -2.65. The molecule has 1 fully saturated rings. The number of halogens is 1. The summed E-state index contributed by atoms with van der Waals surface area (Å²) in [5.74, 6) is -6.76. The second-order valence-electron chi connectivity index (χ2n) is 15.3. The van der Waals surface area contributed by atoms with Gasteiger partial charge in [0, 0.05) is 37.3 Å². The summed E-state index contributed by atoms with van der Waals surface area (Å²) in [7, 11) is 3.66. The quantitative estimate of drug-likeness (QED) is 0.0877. The minimum absolute atomic E-state index is 0.0158. The van der Waals surface area contributed by atoms with E-state index in [-0.39, 0.29) is 49.7 Å². The van der Waals surface area contributed by atoms with Crippen molar-refractivity contribution in [1.82, 2.24) is 4.90 Å². The van der Waals surface area contributed by atoms with Crippen LogP contribution in [0.2, 0.25) is 0 Å². The van der Waals surface area contributed by atoms with Gasteiger partial charge in [0.2, 0.25) is 5.91 Å². The Bertz CT molecular complexity index is 1270. The molecule has 0 aromatic rings. The number of Topliss-reactive ketones (excluding diaryl/α,β-unsaturated/α-hetero) is 2. The zero-order valence-electron chi connectivity index (χ0n) is 34.3. The van der Waals surface area contributed by atoms with E-state index >= 15 is 4.39 Å². The number of amides is 1. The average Bonchev–Trinajstić information content (AvgIpc) is 3.08. The number of ketones is 2. The molecule has 14 heteroatoms. The SMILES string of the molecule is CCC[C@@H](C)C(=NC(=O)CC)[C@H](C)[C@@H](CCC(=O)CO)[C@](C)(O)[C@@H](CC)OC(=O)[C@@](C)(F)C(=O)[C@H](C)[C@H](C)O[C@@H]1O[C@H](C)C[C@H](N(C)C)[C@H]1OC(C)=O. The maximum Gasteiger partial charge on any atom is 0.351 e. The Labute approximate surface area is 315 Å². The van der Waals surface area contributed by atoms with E-state index in [2.05, 4.69) is 4.99 Å². The normalized spacial score (nSPS) is 25.2. The predicted molar refractivity (Wildman–Crippen MR) is 198 cm³/mol. The first-order valence-electron chi connectivity index (χ1n) is 19.1. The molecule has 0 radical (unpaired) electrons. The number of nitrogens with zero attached hydrogens (tertiary/aromatic N) is 2. The summed E-state index contributed by atoms with van der Waals surface area (Å²) >= 11 is 0. The lowest BCUT2D eigenvalue weighted by Crippen LogP contribution is -2.57. The van der Waals surface area contributed by atoms with Crippen molar-refractivity contribution in [3.63, 3.8) is 0 Å². The molecule has 0 aromatic heterocycles. The van der Waals surface area contributed by atoms with E-state index in [0.29, 0.717) is 18.6 Å². The predicted octanol–water partition coefficient (Wildman–Crippen LogP) is 4.80. The highest BCUT2D eigenvalue weighted by molar-refractivity contribution is 6.07. The second-order valence-corrected chi connectivity index (χ2v) is 15.3. The van der Waals surface area contributed by atoms with Gasteiger partial charge in [-0.15, -0.1) is 0 Å². The number of likely N-dealkylation sites (N-methyl/N-ethyl adjacent to an activating group) is 1. The molecule has 0 unspecified atom stereocenters. The molecule has 0 bridgehead atoms. The highest BCUT2D eigenvalue weighted by Crippen LogP contribution is 2.38. The molecule has 1 aliphatic rings. The summed E-state index contributed by atoms with van der Waals surface area (Å²) in [6.45, 7) is 16.6. The standard InChI is InChI=1S/C39H67FN2O11/c1-14-17-22(4)33(41-32(46)16-3)25(7)29(19-18-28(45)21-43)39(11,49)31(15-2)53-37(48)38(10,40)35(47)24(6)26(8)51-36-34(52-27(9)44)30(42(12)13)20-23(5)50-36/h22-26,29-31,34,36,43,49H,14-21H2,1-13H3/t22-,23-,24-,25-,26+,29-,30+,31-,34-,36+,38+,39+/m1/s1.